The molecule has 6 nitrogen and oxygen atoms in total. The molecule has 0 radical (unpaired) electrons. The van der Waals surface area contributed by atoms with Gasteiger partial charge in [0.2, 0.25) is 5.91 Å². The number of unbranched alkanes of at least 4 members (excludes halogenated alkanes) is 14. The molecule has 41 heavy (non-hydrogen) atoms. The lowest BCUT2D eigenvalue weighted by atomic mass is 10.00. The fourth-order valence-electron chi connectivity index (χ4n) is 4.76. The van der Waals surface area contributed by atoms with E-state index in [0.717, 1.165) is 57.8 Å². The normalized spacial score (nSPS) is 15.2. The third-order valence-electron chi connectivity index (χ3n) is 7.55. The van der Waals surface area contributed by atoms with Crippen LogP contribution in [0.1, 0.15) is 149 Å². The van der Waals surface area contributed by atoms with Gasteiger partial charge in [-0.25, -0.2) is 0 Å². The number of amides is 1. The highest BCUT2D eigenvalue weighted by Gasteiger charge is 2.28. The zero-order valence-electron chi connectivity index (χ0n) is 26.5. The first kappa shape index (κ1) is 39.5. The summed E-state index contributed by atoms with van der Waals surface area (Å²) >= 11 is 0. The average molecular weight is 580 g/mol. The lowest BCUT2D eigenvalue weighted by Gasteiger charge is -2.27. The van der Waals surface area contributed by atoms with Gasteiger partial charge in [0.05, 0.1) is 18.8 Å². The average Bonchev–Trinajstić information content (AvgIpc) is 2.98. The van der Waals surface area contributed by atoms with Gasteiger partial charge >= 0.3 is 0 Å². The zero-order chi connectivity index (χ0) is 30.4. The van der Waals surface area contributed by atoms with Gasteiger partial charge in [-0.3, -0.25) is 4.79 Å². The van der Waals surface area contributed by atoms with Crippen molar-refractivity contribution in [1.29, 1.82) is 0 Å². The van der Waals surface area contributed by atoms with Gasteiger partial charge in [0.25, 0.3) is 0 Å². The number of hydrogen-bond acceptors (Lipinski definition) is 5. The van der Waals surface area contributed by atoms with Gasteiger partial charge in [-0.15, -0.1) is 0 Å². The minimum absolute atomic E-state index is 0.344. The maximum absolute atomic E-state index is 12.4. The van der Waals surface area contributed by atoms with Crippen LogP contribution in [-0.2, 0) is 4.79 Å². The summed E-state index contributed by atoms with van der Waals surface area (Å²) < 4.78 is 0. The summed E-state index contributed by atoms with van der Waals surface area (Å²) in [4.78, 5) is 12.4. The van der Waals surface area contributed by atoms with E-state index in [1.807, 2.05) is 0 Å². The number of allylic oxidation sites excluding steroid dienone is 6. The van der Waals surface area contributed by atoms with Gasteiger partial charge in [0.1, 0.15) is 12.2 Å². The van der Waals surface area contributed by atoms with Crippen molar-refractivity contribution in [2.24, 2.45) is 0 Å². The topological polar surface area (TPSA) is 110 Å². The zero-order valence-corrected chi connectivity index (χ0v) is 26.5. The minimum Gasteiger partial charge on any atom is -0.394 e. The molecular weight excluding hydrogens is 514 g/mol. The number of carbonyl (C=O) groups excluding carboxylic acids is 1. The van der Waals surface area contributed by atoms with E-state index in [-0.39, 0.29) is 0 Å². The number of rotatable bonds is 29. The summed E-state index contributed by atoms with van der Waals surface area (Å²) in [7, 11) is 0. The molecule has 0 saturated heterocycles. The van der Waals surface area contributed by atoms with Crippen molar-refractivity contribution in [3.8, 4) is 0 Å². The van der Waals surface area contributed by atoms with Crippen molar-refractivity contribution in [3.05, 3.63) is 36.5 Å². The number of aliphatic hydroxyl groups excluding tert-OH is 4. The Balaban J connectivity index is 3.98. The predicted molar refractivity (Wildman–Crippen MR) is 173 cm³/mol. The fraction of sp³-hybridized carbons (Fsp3) is 0.800. The standard InChI is InChI=1S/C35H65NO5/c1-3-5-7-9-11-13-15-16-17-19-20-22-24-26-28-32(38)34(40)31(30-37)36-35(41)33(39)29-27-25-23-21-18-14-12-10-8-6-4-2/h12,14-16,20,22,31-34,37-40H,3-11,13,17-19,21,23-30H2,1-2H3,(H,36,41)/b14-12-,16-15+,22-20+. The Morgan fingerprint density at radius 1 is 0.585 bits per heavy atom. The Bertz CT molecular complexity index is 663. The predicted octanol–water partition coefficient (Wildman–Crippen LogP) is 7.45. The number of carbonyl (C=O) groups is 1. The van der Waals surface area contributed by atoms with Crippen LogP contribution in [0.4, 0.5) is 0 Å². The molecule has 4 atom stereocenters. The molecule has 0 fully saturated rings. The van der Waals surface area contributed by atoms with E-state index in [2.05, 4.69) is 55.6 Å². The first-order chi connectivity index (χ1) is 20.0. The molecule has 1 amide bonds. The summed E-state index contributed by atoms with van der Waals surface area (Å²) in [5.74, 6) is -0.612. The molecular formula is C35H65NO5. The maximum atomic E-state index is 12.4. The third-order valence-corrected chi connectivity index (χ3v) is 7.55. The summed E-state index contributed by atoms with van der Waals surface area (Å²) in [5.41, 5.74) is 0. The molecule has 5 N–H and O–H groups in total. The van der Waals surface area contributed by atoms with Crippen molar-refractivity contribution in [3.63, 3.8) is 0 Å². The van der Waals surface area contributed by atoms with Crippen molar-refractivity contribution in [1.82, 2.24) is 5.32 Å². The van der Waals surface area contributed by atoms with Gasteiger partial charge in [0, 0.05) is 0 Å². The van der Waals surface area contributed by atoms with Crippen LogP contribution in [-0.4, -0.2) is 57.3 Å². The van der Waals surface area contributed by atoms with E-state index in [0.29, 0.717) is 19.3 Å². The van der Waals surface area contributed by atoms with Crippen molar-refractivity contribution >= 4 is 5.91 Å². The molecule has 0 saturated carbocycles. The van der Waals surface area contributed by atoms with E-state index in [4.69, 9.17) is 0 Å². The van der Waals surface area contributed by atoms with E-state index in [1.165, 1.54) is 57.8 Å². The molecule has 0 heterocycles. The van der Waals surface area contributed by atoms with E-state index < -0.39 is 36.9 Å². The molecule has 0 aromatic carbocycles. The molecule has 0 aromatic rings. The molecule has 0 aliphatic carbocycles. The van der Waals surface area contributed by atoms with Crippen molar-refractivity contribution < 1.29 is 25.2 Å². The Kier molecular flexibility index (Phi) is 28.9. The summed E-state index contributed by atoms with van der Waals surface area (Å²) in [6, 6.07) is -1.01. The van der Waals surface area contributed by atoms with Crippen LogP contribution in [0.2, 0.25) is 0 Å². The third kappa shape index (κ3) is 24.8. The van der Waals surface area contributed by atoms with Crippen LogP contribution in [0.3, 0.4) is 0 Å². The highest BCUT2D eigenvalue weighted by molar-refractivity contribution is 5.80. The van der Waals surface area contributed by atoms with Gasteiger partial charge in [-0.2, -0.15) is 0 Å². The van der Waals surface area contributed by atoms with Crippen molar-refractivity contribution in [2.45, 2.75) is 173 Å². The van der Waals surface area contributed by atoms with Gasteiger partial charge in [0.15, 0.2) is 0 Å². The van der Waals surface area contributed by atoms with Crippen LogP contribution in [0.15, 0.2) is 36.5 Å². The molecule has 0 aromatic heterocycles. The number of nitrogens with one attached hydrogen (secondary N) is 1. The van der Waals surface area contributed by atoms with Gasteiger partial charge < -0.3 is 25.7 Å². The smallest absolute Gasteiger partial charge is 0.249 e. The maximum Gasteiger partial charge on any atom is 0.249 e. The van der Waals surface area contributed by atoms with Gasteiger partial charge in [-0.1, -0.05) is 108 Å². The van der Waals surface area contributed by atoms with Crippen LogP contribution < -0.4 is 5.32 Å². The molecule has 240 valence electrons. The summed E-state index contributed by atoms with van der Waals surface area (Å²) in [6.07, 6.45) is 31.6. The quantitative estimate of drug-likeness (QED) is 0.0467. The molecule has 4 unspecified atom stereocenters. The van der Waals surface area contributed by atoms with Crippen LogP contribution in [0, 0.1) is 0 Å². The second-order valence-electron chi connectivity index (χ2n) is 11.5. The van der Waals surface area contributed by atoms with Crippen molar-refractivity contribution in [2.75, 3.05) is 6.61 Å². The SMILES string of the molecule is CCCCC/C=C\CCCCCCC(O)C(=O)NC(CO)C(O)C(O)CCC/C=C/CC/C=C/CCCCCCC. The second kappa shape index (κ2) is 30.0. The molecule has 0 rings (SSSR count). The Morgan fingerprint density at radius 3 is 1.56 bits per heavy atom. The lowest BCUT2D eigenvalue weighted by molar-refractivity contribution is -0.132. The van der Waals surface area contributed by atoms with Crippen LogP contribution >= 0.6 is 0 Å². The molecule has 0 aliphatic heterocycles. The Morgan fingerprint density at radius 2 is 1.02 bits per heavy atom. The largest absolute Gasteiger partial charge is 0.394 e. The molecule has 0 aliphatic rings. The summed E-state index contributed by atoms with van der Waals surface area (Å²) in [5, 5.41) is 43.2. The molecule has 0 spiro atoms. The number of hydrogen-bond donors (Lipinski definition) is 5. The van der Waals surface area contributed by atoms with Crippen LogP contribution in [0.5, 0.6) is 0 Å². The molecule has 6 heteroatoms. The fourth-order valence-corrected chi connectivity index (χ4v) is 4.76. The Hall–Kier alpha value is -1.47. The molecule has 0 bridgehead atoms. The van der Waals surface area contributed by atoms with Gasteiger partial charge in [-0.05, 0) is 77.0 Å². The second-order valence-corrected chi connectivity index (χ2v) is 11.5. The first-order valence-corrected chi connectivity index (χ1v) is 16.9. The Labute approximate surface area is 252 Å². The van der Waals surface area contributed by atoms with E-state index >= 15 is 0 Å². The minimum atomic E-state index is -1.29. The lowest BCUT2D eigenvalue weighted by Crippen LogP contribution is -2.53. The monoisotopic (exact) mass is 579 g/mol. The highest BCUT2D eigenvalue weighted by Crippen LogP contribution is 2.12. The highest BCUT2D eigenvalue weighted by atomic mass is 16.3. The first-order valence-electron chi connectivity index (χ1n) is 16.9. The van der Waals surface area contributed by atoms with E-state index in [1.54, 1.807) is 0 Å². The summed E-state index contributed by atoms with van der Waals surface area (Å²) in [6.45, 7) is 3.94. The van der Waals surface area contributed by atoms with Crippen LogP contribution in [0.25, 0.3) is 0 Å². The number of aliphatic hydroxyl groups is 4. The van der Waals surface area contributed by atoms with E-state index in [9.17, 15) is 25.2 Å².